The molecule has 28 heavy (non-hydrogen) atoms. The summed E-state index contributed by atoms with van der Waals surface area (Å²) in [6, 6.07) is 28.6. The lowest BCUT2D eigenvalue weighted by Crippen LogP contribution is -2.26. The van der Waals surface area contributed by atoms with Crippen molar-refractivity contribution in [3.05, 3.63) is 102 Å². The van der Waals surface area contributed by atoms with Crippen molar-refractivity contribution in [1.29, 1.82) is 5.26 Å². The minimum atomic E-state index is -0.372. The van der Waals surface area contributed by atoms with Crippen molar-refractivity contribution < 1.29 is 9.53 Å². The fourth-order valence-electron chi connectivity index (χ4n) is 2.63. The Bertz CT molecular complexity index is 973. The highest BCUT2D eigenvalue weighted by Gasteiger charge is 2.08. The lowest BCUT2D eigenvalue weighted by atomic mass is 10.1. The molecular formula is C24H20N2O2. The van der Waals surface area contributed by atoms with E-state index < -0.39 is 0 Å². The number of carbonyl (C=O) groups is 1. The second kappa shape index (κ2) is 9.75. The maximum absolute atomic E-state index is 12.3. The van der Waals surface area contributed by atoms with Crippen LogP contribution in [0.15, 0.2) is 90.5 Å². The van der Waals surface area contributed by atoms with E-state index in [4.69, 9.17) is 4.74 Å². The average molecular weight is 368 g/mol. The first kappa shape index (κ1) is 18.9. The molecular weight excluding hydrogens is 348 g/mol. The molecule has 0 aromatic heterocycles. The van der Waals surface area contributed by atoms with Gasteiger partial charge in [-0.25, -0.2) is 0 Å². The molecule has 0 radical (unpaired) electrons. The van der Waals surface area contributed by atoms with E-state index >= 15 is 0 Å². The smallest absolute Gasteiger partial charge is 0.261 e. The number of hydrogen-bond donors (Lipinski definition) is 1. The number of nitriles is 1. The molecule has 0 spiro atoms. The van der Waals surface area contributed by atoms with Crippen LogP contribution in [0.1, 0.15) is 11.1 Å². The minimum absolute atomic E-state index is 0.0739. The van der Waals surface area contributed by atoms with Crippen molar-refractivity contribution >= 4 is 12.0 Å². The number of nitrogens with zero attached hydrogens (tertiary/aromatic N) is 1. The predicted octanol–water partition coefficient (Wildman–Crippen LogP) is 4.74. The van der Waals surface area contributed by atoms with Crippen LogP contribution in [0.5, 0.6) is 11.5 Å². The number of benzene rings is 3. The Morgan fingerprint density at radius 3 is 2.14 bits per heavy atom. The number of hydrogen-bond acceptors (Lipinski definition) is 3. The third-order valence-electron chi connectivity index (χ3n) is 4.08. The number of ether oxygens (including phenoxy) is 1. The third kappa shape index (κ3) is 5.58. The Balaban J connectivity index is 1.58. The van der Waals surface area contributed by atoms with E-state index in [2.05, 4.69) is 5.32 Å². The van der Waals surface area contributed by atoms with Gasteiger partial charge in [-0.3, -0.25) is 4.79 Å². The summed E-state index contributed by atoms with van der Waals surface area (Å²) in [4.78, 5) is 12.3. The summed E-state index contributed by atoms with van der Waals surface area (Å²) in [5.41, 5.74) is 1.97. The Morgan fingerprint density at radius 1 is 0.893 bits per heavy atom. The van der Waals surface area contributed by atoms with Gasteiger partial charge in [0, 0.05) is 6.54 Å². The molecule has 4 nitrogen and oxygen atoms in total. The highest BCUT2D eigenvalue weighted by atomic mass is 16.5. The van der Waals surface area contributed by atoms with Crippen LogP contribution in [0.25, 0.3) is 6.08 Å². The van der Waals surface area contributed by atoms with Gasteiger partial charge in [-0.2, -0.15) is 5.26 Å². The first-order valence-corrected chi connectivity index (χ1v) is 9.01. The summed E-state index contributed by atoms with van der Waals surface area (Å²) < 4.78 is 5.74. The van der Waals surface area contributed by atoms with E-state index in [1.807, 2.05) is 78.9 Å². The topological polar surface area (TPSA) is 62.1 Å². The molecule has 3 aromatic carbocycles. The van der Waals surface area contributed by atoms with Crippen LogP contribution in [0.2, 0.25) is 0 Å². The van der Waals surface area contributed by atoms with Crippen molar-refractivity contribution in [1.82, 2.24) is 5.32 Å². The van der Waals surface area contributed by atoms with Crippen molar-refractivity contribution in [2.75, 3.05) is 6.54 Å². The molecule has 0 fully saturated rings. The van der Waals surface area contributed by atoms with E-state index in [-0.39, 0.29) is 11.5 Å². The Labute approximate surface area is 164 Å². The molecule has 3 rings (SSSR count). The number of nitrogens with one attached hydrogen (secondary N) is 1. The SMILES string of the molecule is N#C/C(=C\c1ccc(Oc2ccccc2)cc1)C(=O)NCCc1ccccc1. The highest BCUT2D eigenvalue weighted by molar-refractivity contribution is 6.01. The summed E-state index contributed by atoms with van der Waals surface area (Å²) in [6.07, 6.45) is 2.29. The Hall–Kier alpha value is -3.84. The van der Waals surface area contributed by atoms with Gasteiger partial charge < -0.3 is 10.1 Å². The number of rotatable bonds is 7. The Kier molecular flexibility index (Phi) is 6.59. The van der Waals surface area contributed by atoms with Crippen LogP contribution >= 0.6 is 0 Å². The summed E-state index contributed by atoms with van der Waals surface area (Å²) >= 11 is 0. The lowest BCUT2D eigenvalue weighted by Gasteiger charge is -2.06. The molecule has 0 atom stereocenters. The molecule has 0 aliphatic carbocycles. The van der Waals surface area contributed by atoms with E-state index in [0.29, 0.717) is 12.3 Å². The standard InChI is InChI=1S/C24H20N2O2/c25-18-21(24(27)26-16-15-19-7-3-1-4-8-19)17-20-11-13-23(14-12-20)28-22-9-5-2-6-10-22/h1-14,17H,15-16H2,(H,26,27)/b21-17+. The van der Waals surface area contributed by atoms with Crippen molar-refractivity contribution in [2.24, 2.45) is 0 Å². The second-order valence-electron chi connectivity index (χ2n) is 6.15. The van der Waals surface area contributed by atoms with Crippen molar-refractivity contribution in [3.63, 3.8) is 0 Å². The maximum Gasteiger partial charge on any atom is 0.261 e. The van der Waals surface area contributed by atoms with Gasteiger partial charge in [0.05, 0.1) is 0 Å². The van der Waals surface area contributed by atoms with Crippen LogP contribution in [0.4, 0.5) is 0 Å². The molecule has 3 aromatic rings. The van der Waals surface area contributed by atoms with Crippen LogP contribution < -0.4 is 10.1 Å². The summed E-state index contributed by atoms with van der Waals surface area (Å²) in [7, 11) is 0. The average Bonchev–Trinajstić information content (AvgIpc) is 2.74. The van der Waals surface area contributed by atoms with Gasteiger partial charge in [0.15, 0.2) is 0 Å². The van der Waals surface area contributed by atoms with Crippen molar-refractivity contribution in [2.45, 2.75) is 6.42 Å². The molecule has 0 aliphatic rings. The maximum atomic E-state index is 12.3. The molecule has 0 heterocycles. The van der Waals surface area contributed by atoms with Gasteiger partial charge in [-0.1, -0.05) is 60.7 Å². The van der Waals surface area contributed by atoms with E-state index in [1.54, 1.807) is 18.2 Å². The molecule has 0 saturated carbocycles. The van der Waals surface area contributed by atoms with Crippen molar-refractivity contribution in [3.8, 4) is 17.6 Å². The largest absolute Gasteiger partial charge is 0.457 e. The van der Waals surface area contributed by atoms with Gasteiger partial charge in [-0.05, 0) is 47.9 Å². The normalized spacial score (nSPS) is 10.8. The molecule has 1 amide bonds. The molecule has 1 N–H and O–H groups in total. The second-order valence-corrected chi connectivity index (χ2v) is 6.15. The lowest BCUT2D eigenvalue weighted by molar-refractivity contribution is -0.117. The summed E-state index contributed by atoms with van der Waals surface area (Å²) in [5.74, 6) is 1.07. The quantitative estimate of drug-likeness (QED) is 0.484. The van der Waals surface area contributed by atoms with Gasteiger partial charge in [-0.15, -0.1) is 0 Å². The molecule has 4 heteroatoms. The fourth-order valence-corrected chi connectivity index (χ4v) is 2.63. The van der Waals surface area contributed by atoms with Gasteiger partial charge >= 0.3 is 0 Å². The number of carbonyl (C=O) groups excluding carboxylic acids is 1. The first-order valence-electron chi connectivity index (χ1n) is 9.01. The zero-order chi connectivity index (χ0) is 19.6. The molecule has 0 aliphatic heterocycles. The van der Waals surface area contributed by atoms with E-state index in [0.717, 1.165) is 23.3 Å². The summed E-state index contributed by atoms with van der Waals surface area (Å²) in [5, 5.41) is 12.1. The zero-order valence-electron chi connectivity index (χ0n) is 15.3. The molecule has 0 bridgehead atoms. The van der Waals surface area contributed by atoms with E-state index in [1.165, 1.54) is 0 Å². The summed E-state index contributed by atoms with van der Waals surface area (Å²) in [6.45, 7) is 0.478. The zero-order valence-corrected chi connectivity index (χ0v) is 15.3. The third-order valence-corrected chi connectivity index (χ3v) is 4.08. The van der Waals surface area contributed by atoms with E-state index in [9.17, 15) is 10.1 Å². The minimum Gasteiger partial charge on any atom is -0.457 e. The number of para-hydroxylation sites is 1. The predicted molar refractivity (Wildman–Crippen MR) is 110 cm³/mol. The molecule has 0 saturated heterocycles. The van der Waals surface area contributed by atoms with Crippen LogP contribution in [-0.2, 0) is 11.2 Å². The van der Waals surface area contributed by atoms with Crippen LogP contribution in [-0.4, -0.2) is 12.5 Å². The number of amides is 1. The van der Waals surface area contributed by atoms with Crippen LogP contribution in [0.3, 0.4) is 0 Å². The van der Waals surface area contributed by atoms with Crippen LogP contribution in [0, 0.1) is 11.3 Å². The fraction of sp³-hybridized carbons (Fsp3) is 0.0833. The Morgan fingerprint density at radius 2 is 1.50 bits per heavy atom. The van der Waals surface area contributed by atoms with Gasteiger partial charge in [0.1, 0.15) is 23.1 Å². The van der Waals surface area contributed by atoms with Gasteiger partial charge in [0.2, 0.25) is 0 Å². The first-order chi connectivity index (χ1) is 13.7. The molecule has 0 unspecified atom stereocenters. The molecule has 138 valence electrons. The van der Waals surface area contributed by atoms with Gasteiger partial charge in [0.25, 0.3) is 5.91 Å². The monoisotopic (exact) mass is 368 g/mol. The highest BCUT2D eigenvalue weighted by Crippen LogP contribution is 2.21.